The van der Waals surface area contributed by atoms with Gasteiger partial charge in [-0.1, -0.05) is 0 Å². The van der Waals surface area contributed by atoms with Gasteiger partial charge in [-0.2, -0.15) is 11.8 Å². The molecular weight excluding hydrogens is 272 g/mol. The molecule has 0 radical (unpaired) electrons. The molecule has 2 aliphatic heterocycles. The van der Waals surface area contributed by atoms with Crippen LogP contribution in [0, 0.1) is 0 Å². The van der Waals surface area contributed by atoms with Crippen LogP contribution < -0.4 is 4.90 Å². The molecule has 0 bridgehead atoms. The summed E-state index contributed by atoms with van der Waals surface area (Å²) in [6.07, 6.45) is 5.69. The first-order chi connectivity index (χ1) is 9.83. The van der Waals surface area contributed by atoms with E-state index in [-0.39, 0.29) is 6.10 Å². The standard InChI is InChI=1S/C14H22N4OS/c19-13-10-17(12-2-8-20-9-3-12)6-7-18(11-13)14-15-4-1-5-16-14/h1,4-5,12-13,19H,2-3,6-11H2. The lowest BCUT2D eigenvalue weighted by Gasteiger charge is -2.33. The summed E-state index contributed by atoms with van der Waals surface area (Å²) in [5.41, 5.74) is 0. The molecule has 20 heavy (non-hydrogen) atoms. The van der Waals surface area contributed by atoms with Crippen molar-refractivity contribution in [3.8, 4) is 0 Å². The first-order valence-electron chi connectivity index (χ1n) is 7.35. The van der Waals surface area contributed by atoms with Crippen LogP contribution >= 0.6 is 11.8 Å². The highest BCUT2D eigenvalue weighted by molar-refractivity contribution is 7.99. The second kappa shape index (κ2) is 6.74. The van der Waals surface area contributed by atoms with E-state index in [0.29, 0.717) is 12.6 Å². The minimum atomic E-state index is -0.323. The van der Waals surface area contributed by atoms with Crippen LogP contribution in [0.5, 0.6) is 0 Å². The lowest BCUT2D eigenvalue weighted by Crippen LogP contribution is -2.42. The normalized spacial score (nSPS) is 26.4. The number of rotatable bonds is 2. The molecule has 2 fully saturated rings. The van der Waals surface area contributed by atoms with E-state index in [2.05, 4.69) is 19.8 Å². The van der Waals surface area contributed by atoms with Crippen molar-refractivity contribution in [1.82, 2.24) is 14.9 Å². The second-order valence-electron chi connectivity index (χ2n) is 5.49. The largest absolute Gasteiger partial charge is 0.390 e. The number of aromatic nitrogens is 2. The number of aliphatic hydroxyl groups is 1. The van der Waals surface area contributed by atoms with Crippen LogP contribution in [0.1, 0.15) is 12.8 Å². The fourth-order valence-electron chi connectivity index (χ4n) is 3.03. The predicted octanol–water partition coefficient (Wildman–Crippen LogP) is 0.855. The Morgan fingerprint density at radius 2 is 1.85 bits per heavy atom. The lowest BCUT2D eigenvalue weighted by molar-refractivity contribution is 0.103. The second-order valence-corrected chi connectivity index (χ2v) is 6.71. The van der Waals surface area contributed by atoms with Gasteiger partial charge in [0.1, 0.15) is 0 Å². The van der Waals surface area contributed by atoms with Gasteiger partial charge in [0, 0.05) is 44.6 Å². The zero-order valence-corrected chi connectivity index (χ0v) is 12.5. The fourth-order valence-corrected chi connectivity index (χ4v) is 4.11. The van der Waals surface area contributed by atoms with E-state index in [1.165, 1.54) is 24.3 Å². The highest BCUT2D eigenvalue weighted by atomic mass is 32.2. The average Bonchev–Trinajstić information content (AvgIpc) is 2.71. The molecule has 1 N–H and O–H groups in total. The summed E-state index contributed by atoms with van der Waals surface area (Å²) >= 11 is 2.05. The third-order valence-electron chi connectivity index (χ3n) is 4.08. The Hall–Kier alpha value is -0.850. The van der Waals surface area contributed by atoms with Crippen LogP contribution in [0.4, 0.5) is 5.95 Å². The van der Waals surface area contributed by atoms with Crippen LogP contribution in [-0.2, 0) is 0 Å². The Balaban J connectivity index is 1.65. The van der Waals surface area contributed by atoms with E-state index >= 15 is 0 Å². The molecule has 3 rings (SSSR count). The SMILES string of the molecule is OC1CN(c2ncccn2)CCN(C2CCSCC2)C1. The number of β-amino-alcohol motifs (C(OH)–C–C–N with tert-alkyl or cyclic N) is 1. The molecule has 110 valence electrons. The lowest BCUT2D eigenvalue weighted by atomic mass is 10.1. The summed E-state index contributed by atoms with van der Waals surface area (Å²) in [4.78, 5) is 13.2. The third-order valence-corrected chi connectivity index (χ3v) is 5.12. The molecule has 3 heterocycles. The van der Waals surface area contributed by atoms with Gasteiger partial charge in [-0.25, -0.2) is 9.97 Å². The molecule has 0 spiro atoms. The summed E-state index contributed by atoms with van der Waals surface area (Å²) in [5, 5.41) is 10.3. The van der Waals surface area contributed by atoms with Crippen LogP contribution in [0.15, 0.2) is 18.5 Å². The first-order valence-corrected chi connectivity index (χ1v) is 8.50. The van der Waals surface area contributed by atoms with E-state index in [9.17, 15) is 5.11 Å². The zero-order valence-electron chi connectivity index (χ0n) is 11.7. The molecule has 0 aliphatic carbocycles. The number of anilines is 1. The van der Waals surface area contributed by atoms with E-state index in [1.807, 2.05) is 17.8 Å². The molecule has 5 nitrogen and oxygen atoms in total. The van der Waals surface area contributed by atoms with Crippen molar-refractivity contribution in [2.45, 2.75) is 25.0 Å². The maximum absolute atomic E-state index is 10.3. The minimum Gasteiger partial charge on any atom is -0.390 e. The summed E-state index contributed by atoms with van der Waals surface area (Å²) < 4.78 is 0. The number of thioether (sulfide) groups is 1. The summed E-state index contributed by atoms with van der Waals surface area (Å²) in [5.74, 6) is 3.23. The maximum atomic E-state index is 10.3. The highest BCUT2D eigenvalue weighted by Crippen LogP contribution is 2.23. The smallest absolute Gasteiger partial charge is 0.225 e. The Morgan fingerprint density at radius 1 is 1.10 bits per heavy atom. The van der Waals surface area contributed by atoms with E-state index in [1.54, 1.807) is 12.4 Å². The molecule has 6 heteroatoms. The Labute approximate surface area is 124 Å². The minimum absolute atomic E-state index is 0.323. The van der Waals surface area contributed by atoms with Crippen molar-refractivity contribution in [3.63, 3.8) is 0 Å². The predicted molar refractivity (Wildman–Crippen MR) is 82.2 cm³/mol. The Kier molecular flexibility index (Phi) is 4.75. The van der Waals surface area contributed by atoms with Crippen molar-refractivity contribution in [2.75, 3.05) is 42.6 Å². The van der Waals surface area contributed by atoms with Crippen LogP contribution in [0.2, 0.25) is 0 Å². The number of aliphatic hydroxyl groups excluding tert-OH is 1. The van der Waals surface area contributed by atoms with E-state index in [0.717, 1.165) is 25.6 Å². The van der Waals surface area contributed by atoms with Crippen LogP contribution in [0.25, 0.3) is 0 Å². The summed E-state index contributed by atoms with van der Waals surface area (Å²) in [6, 6.07) is 2.46. The zero-order chi connectivity index (χ0) is 13.8. The fraction of sp³-hybridized carbons (Fsp3) is 0.714. The molecule has 0 amide bonds. The van der Waals surface area contributed by atoms with Gasteiger partial charge in [-0.3, -0.25) is 4.90 Å². The molecule has 1 aromatic rings. The van der Waals surface area contributed by atoms with Crippen molar-refractivity contribution in [2.24, 2.45) is 0 Å². The van der Waals surface area contributed by atoms with Crippen molar-refractivity contribution < 1.29 is 5.11 Å². The van der Waals surface area contributed by atoms with Gasteiger partial charge < -0.3 is 10.0 Å². The van der Waals surface area contributed by atoms with E-state index in [4.69, 9.17) is 0 Å². The Bertz CT molecular complexity index is 413. The van der Waals surface area contributed by atoms with Gasteiger partial charge in [0.15, 0.2) is 0 Å². The quantitative estimate of drug-likeness (QED) is 0.873. The number of hydrogen-bond donors (Lipinski definition) is 1. The van der Waals surface area contributed by atoms with Gasteiger partial charge in [0.2, 0.25) is 5.95 Å². The maximum Gasteiger partial charge on any atom is 0.225 e. The summed E-state index contributed by atoms with van der Waals surface area (Å²) in [6.45, 7) is 3.29. The third kappa shape index (κ3) is 3.42. The molecule has 1 atom stereocenters. The van der Waals surface area contributed by atoms with E-state index < -0.39 is 0 Å². The van der Waals surface area contributed by atoms with Crippen molar-refractivity contribution >= 4 is 17.7 Å². The van der Waals surface area contributed by atoms with Crippen molar-refractivity contribution in [1.29, 1.82) is 0 Å². The molecular formula is C14H22N4OS. The molecule has 1 unspecified atom stereocenters. The molecule has 2 aliphatic rings. The number of hydrogen-bond acceptors (Lipinski definition) is 6. The molecule has 2 saturated heterocycles. The topological polar surface area (TPSA) is 52.5 Å². The first kappa shape index (κ1) is 14.1. The van der Waals surface area contributed by atoms with Crippen LogP contribution in [-0.4, -0.2) is 69.8 Å². The van der Waals surface area contributed by atoms with Gasteiger partial charge in [-0.05, 0) is 30.4 Å². The number of nitrogens with zero attached hydrogens (tertiary/aromatic N) is 4. The molecule has 1 aromatic heterocycles. The summed E-state index contributed by atoms with van der Waals surface area (Å²) in [7, 11) is 0. The molecule has 0 saturated carbocycles. The monoisotopic (exact) mass is 294 g/mol. The average molecular weight is 294 g/mol. The van der Waals surface area contributed by atoms with Gasteiger partial charge >= 0.3 is 0 Å². The van der Waals surface area contributed by atoms with Gasteiger partial charge in [0.05, 0.1) is 6.10 Å². The van der Waals surface area contributed by atoms with Gasteiger partial charge in [-0.15, -0.1) is 0 Å². The van der Waals surface area contributed by atoms with Crippen LogP contribution in [0.3, 0.4) is 0 Å². The van der Waals surface area contributed by atoms with Crippen molar-refractivity contribution in [3.05, 3.63) is 18.5 Å². The molecule has 0 aromatic carbocycles. The van der Waals surface area contributed by atoms with Gasteiger partial charge in [0.25, 0.3) is 0 Å². The highest BCUT2D eigenvalue weighted by Gasteiger charge is 2.28. The Morgan fingerprint density at radius 3 is 2.60 bits per heavy atom.